The summed E-state index contributed by atoms with van der Waals surface area (Å²) >= 11 is 0. The molecule has 1 fully saturated rings. The van der Waals surface area contributed by atoms with Crippen molar-refractivity contribution in [3.8, 4) is 11.4 Å². The molecule has 4 nitrogen and oxygen atoms in total. The fraction of sp³-hybridized carbons (Fsp3) is 0.375. The van der Waals surface area contributed by atoms with Crippen LogP contribution in [-0.4, -0.2) is 30.1 Å². The third-order valence-electron chi connectivity index (χ3n) is 3.98. The molecule has 1 N–H and O–H groups in total. The molecule has 0 bridgehead atoms. The lowest BCUT2D eigenvalue weighted by Crippen LogP contribution is -2.37. The molecule has 1 aliphatic carbocycles. The van der Waals surface area contributed by atoms with E-state index in [4.69, 9.17) is 4.98 Å². The predicted octanol–water partition coefficient (Wildman–Crippen LogP) is 3.17. The van der Waals surface area contributed by atoms with Crippen LogP contribution in [0.1, 0.15) is 19.3 Å². The molecule has 0 atom stereocenters. The molecule has 1 aliphatic rings. The van der Waals surface area contributed by atoms with Crippen molar-refractivity contribution in [3.63, 3.8) is 0 Å². The van der Waals surface area contributed by atoms with E-state index in [2.05, 4.69) is 22.2 Å². The Bertz CT molecular complexity index is 578. The van der Waals surface area contributed by atoms with Crippen LogP contribution in [0.5, 0.6) is 0 Å². The van der Waals surface area contributed by atoms with Crippen LogP contribution in [0.2, 0.25) is 0 Å². The summed E-state index contributed by atoms with van der Waals surface area (Å²) in [6.07, 6.45) is 3.84. The second-order valence-corrected chi connectivity index (χ2v) is 5.25. The second-order valence-electron chi connectivity index (χ2n) is 5.25. The molecule has 1 aromatic carbocycles. The summed E-state index contributed by atoms with van der Waals surface area (Å²) < 4.78 is 0. The molecule has 0 saturated heterocycles. The third kappa shape index (κ3) is 2.46. The first kappa shape index (κ1) is 12.9. The molecule has 0 spiro atoms. The largest absolute Gasteiger partial charge is 0.373 e. The fourth-order valence-corrected chi connectivity index (χ4v) is 2.42. The molecule has 2 aromatic rings. The Morgan fingerprint density at radius 2 is 1.90 bits per heavy atom. The molecule has 1 aromatic heterocycles. The van der Waals surface area contributed by atoms with Crippen molar-refractivity contribution >= 4 is 11.6 Å². The van der Waals surface area contributed by atoms with Crippen molar-refractivity contribution < 1.29 is 0 Å². The summed E-state index contributed by atoms with van der Waals surface area (Å²) in [6.45, 7) is 0. The first-order valence-corrected chi connectivity index (χ1v) is 7.13. The van der Waals surface area contributed by atoms with E-state index < -0.39 is 0 Å². The van der Waals surface area contributed by atoms with E-state index in [0.717, 1.165) is 23.0 Å². The second kappa shape index (κ2) is 5.49. The zero-order valence-corrected chi connectivity index (χ0v) is 12.0. The number of anilines is 2. The Hall–Kier alpha value is -2.10. The maximum atomic E-state index is 4.73. The van der Waals surface area contributed by atoms with Crippen molar-refractivity contribution in [3.05, 3.63) is 36.4 Å². The van der Waals surface area contributed by atoms with Crippen molar-refractivity contribution in [2.24, 2.45) is 0 Å². The van der Waals surface area contributed by atoms with E-state index in [0.29, 0.717) is 6.04 Å². The van der Waals surface area contributed by atoms with Crippen LogP contribution < -0.4 is 10.2 Å². The van der Waals surface area contributed by atoms with E-state index in [1.165, 1.54) is 19.3 Å². The average Bonchev–Trinajstić information content (AvgIpc) is 2.46. The topological polar surface area (TPSA) is 41.0 Å². The van der Waals surface area contributed by atoms with E-state index in [1.807, 2.05) is 43.4 Å². The highest BCUT2D eigenvalue weighted by atomic mass is 15.2. The summed E-state index contributed by atoms with van der Waals surface area (Å²) in [7, 11) is 4.02. The van der Waals surface area contributed by atoms with Crippen LogP contribution in [0.25, 0.3) is 11.4 Å². The minimum Gasteiger partial charge on any atom is -0.373 e. The van der Waals surface area contributed by atoms with Gasteiger partial charge in [-0.25, -0.2) is 9.97 Å². The Balaban J connectivity index is 1.98. The molecule has 0 amide bonds. The van der Waals surface area contributed by atoms with Gasteiger partial charge < -0.3 is 10.2 Å². The molecule has 0 radical (unpaired) electrons. The number of nitrogens with zero attached hydrogens (tertiary/aromatic N) is 3. The van der Waals surface area contributed by atoms with Gasteiger partial charge in [0.25, 0.3) is 0 Å². The number of nitrogens with one attached hydrogen (secondary N) is 1. The summed E-state index contributed by atoms with van der Waals surface area (Å²) in [6, 6.07) is 12.8. The Morgan fingerprint density at radius 1 is 1.15 bits per heavy atom. The highest BCUT2D eigenvalue weighted by molar-refractivity contribution is 5.61. The molecule has 4 heteroatoms. The molecule has 3 rings (SSSR count). The van der Waals surface area contributed by atoms with Crippen LogP contribution in [0.4, 0.5) is 11.6 Å². The molecule has 0 unspecified atom stereocenters. The van der Waals surface area contributed by atoms with Crippen LogP contribution in [0, 0.1) is 0 Å². The number of hydrogen-bond acceptors (Lipinski definition) is 4. The van der Waals surface area contributed by atoms with Gasteiger partial charge in [-0.3, -0.25) is 0 Å². The Kier molecular flexibility index (Phi) is 3.54. The summed E-state index contributed by atoms with van der Waals surface area (Å²) in [5, 5.41) is 3.13. The smallest absolute Gasteiger partial charge is 0.163 e. The lowest BCUT2D eigenvalue weighted by Gasteiger charge is -2.35. The molecular formula is C16H20N4. The average molecular weight is 268 g/mol. The summed E-state index contributed by atoms with van der Waals surface area (Å²) in [5.41, 5.74) is 1.05. The first-order valence-electron chi connectivity index (χ1n) is 7.13. The van der Waals surface area contributed by atoms with Crippen LogP contribution in [-0.2, 0) is 0 Å². The quantitative estimate of drug-likeness (QED) is 0.924. The van der Waals surface area contributed by atoms with Crippen molar-refractivity contribution in [2.45, 2.75) is 25.3 Å². The first-order chi connectivity index (χ1) is 9.78. The lowest BCUT2D eigenvalue weighted by atomic mass is 9.92. The fourth-order valence-electron chi connectivity index (χ4n) is 2.42. The number of rotatable bonds is 4. The molecule has 1 saturated carbocycles. The van der Waals surface area contributed by atoms with Gasteiger partial charge >= 0.3 is 0 Å². The highest BCUT2D eigenvalue weighted by Gasteiger charge is 2.23. The Morgan fingerprint density at radius 3 is 2.50 bits per heavy atom. The third-order valence-corrected chi connectivity index (χ3v) is 3.98. The van der Waals surface area contributed by atoms with E-state index in [9.17, 15) is 0 Å². The van der Waals surface area contributed by atoms with Gasteiger partial charge in [0.05, 0.1) is 0 Å². The molecule has 104 valence electrons. The van der Waals surface area contributed by atoms with Crippen LogP contribution in [0.15, 0.2) is 36.4 Å². The van der Waals surface area contributed by atoms with Gasteiger partial charge in [0.15, 0.2) is 5.82 Å². The van der Waals surface area contributed by atoms with Crippen LogP contribution >= 0.6 is 0 Å². The van der Waals surface area contributed by atoms with Gasteiger partial charge in [0.1, 0.15) is 11.6 Å². The van der Waals surface area contributed by atoms with Gasteiger partial charge in [-0.05, 0) is 19.3 Å². The molecule has 0 aliphatic heterocycles. The molecule has 20 heavy (non-hydrogen) atoms. The zero-order chi connectivity index (χ0) is 13.9. The van der Waals surface area contributed by atoms with Crippen molar-refractivity contribution in [1.29, 1.82) is 0 Å². The van der Waals surface area contributed by atoms with E-state index >= 15 is 0 Å². The lowest BCUT2D eigenvalue weighted by molar-refractivity contribution is 0.399. The highest BCUT2D eigenvalue weighted by Crippen LogP contribution is 2.29. The summed E-state index contributed by atoms with van der Waals surface area (Å²) in [5.74, 6) is 2.63. The molecule has 1 heterocycles. The summed E-state index contributed by atoms with van der Waals surface area (Å²) in [4.78, 5) is 11.6. The van der Waals surface area contributed by atoms with Gasteiger partial charge in [-0.2, -0.15) is 0 Å². The maximum Gasteiger partial charge on any atom is 0.163 e. The maximum absolute atomic E-state index is 4.73. The van der Waals surface area contributed by atoms with E-state index in [1.54, 1.807) is 0 Å². The minimum absolute atomic E-state index is 0.623. The standard InChI is InChI=1S/C16H20N4/c1-17-14-11-15(20(2)13-9-6-10-13)19-16(18-14)12-7-4-3-5-8-12/h3-5,7-8,11,13H,6,9-10H2,1-2H3,(H,17,18,19). The van der Waals surface area contributed by atoms with Gasteiger partial charge in [-0.15, -0.1) is 0 Å². The van der Waals surface area contributed by atoms with Gasteiger partial charge in [0, 0.05) is 31.8 Å². The zero-order valence-electron chi connectivity index (χ0n) is 12.0. The minimum atomic E-state index is 0.623. The van der Waals surface area contributed by atoms with E-state index in [-0.39, 0.29) is 0 Å². The SMILES string of the molecule is CNc1cc(N(C)C2CCC2)nc(-c2ccccc2)n1. The molecular weight excluding hydrogens is 248 g/mol. The predicted molar refractivity (Wildman–Crippen MR) is 83.1 cm³/mol. The van der Waals surface area contributed by atoms with Crippen LogP contribution in [0.3, 0.4) is 0 Å². The normalized spacial score (nSPS) is 14.7. The number of benzene rings is 1. The van der Waals surface area contributed by atoms with Gasteiger partial charge in [0.2, 0.25) is 0 Å². The van der Waals surface area contributed by atoms with Gasteiger partial charge in [-0.1, -0.05) is 30.3 Å². The monoisotopic (exact) mass is 268 g/mol. The van der Waals surface area contributed by atoms with Crippen molar-refractivity contribution in [1.82, 2.24) is 9.97 Å². The van der Waals surface area contributed by atoms with Crippen molar-refractivity contribution in [2.75, 3.05) is 24.3 Å². The Labute approximate surface area is 119 Å². The number of hydrogen-bond donors (Lipinski definition) is 1. The number of aromatic nitrogens is 2.